The van der Waals surface area contributed by atoms with Crippen molar-refractivity contribution in [1.82, 2.24) is 5.32 Å². The molecule has 2 nitrogen and oxygen atoms in total. The molecule has 1 aromatic rings. The summed E-state index contributed by atoms with van der Waals surface area (Å²) in [6.45, 7) is 1.18. The minimum absolute atomic E-state index is 0.0572. The van der Waals surface area contributed by atoms with Crippen molar-refractivity contribution in [2.75, 3.05) is 6.54 Å². The van der Waals surface area contributed by atoms with E-state index in [-0.39, 0.29) is 6.61 Å². The number of hydrogen-bond acceptors (Lipinski definition) is 2. The zero-order valence-electron chi connectivity index (χ0n) is 8.67. The lowest BCUT2D eigenvalue weighted by Gasteiger charge is -2.11. The second kappa shape index (κ2) is 4.97. The van der Waals surface area contributed by atoms with Gasteiger partial charge in [-0.15, -0.1) is 0 Å². The quantitative estimate of drug-likeness (QED) is 0.826. The summed E-state index contributed by atoms with van der Waals surface area (Å²) in [6, 6.07) is 6.39. The molecule has 2 rings (SSSR count). The maximum absolute atomic E-state index is 8.97. The third-order valence-corrected chi connectivity index (χ3v) is 3.28. The molecule has 82 valence electrons. The highest BCUT2D eigenvalue weighted by Gasteiger charge is 2.15. The van der Waals surface area contributed by atoms with Crippen molar-refractivity contribution in [2.24, 2.45) is 0 Å². The molecule has 0 spiro atoms. The van der Waals surface area contributed by atoms with Gasteiger partial charge in [0.25, 0.3) is 0 Å². The molecule has 2 N–H and O–H groups in total. The number of nitrogens with one attached hydrogen (secondary N) is 1. The van der Waals surface area contributed by atoms with Crippen molar-refractivity contribution in [3.8, 4) is 0 Å². The Morgan fingerprint density at radius 1 is 1.47 bits per heavy atom. The topological polar surface area (TPSA) is 32.3 Å². The Hall–Kier alpha value is -0.570. The van der Waals surface area contributed by atoms with Crippen LogP contribution in [0.1, 0.15) is 24.0 Å². The van der Waals surface area contributed by atoms with E-state index in [1.807, 2.05) is 18.2 Å². The zero-order chi connectivity index (χ0) is 10.7. The average molecular weight is 226 g/mol. The highest BCUT2D eigenvalue weighted by atomic mass is 35.5. The first kappa shape index (κ1) is 10.9. The molecular weight excluding hydrogens is 210 g/mol. The highest BCUT2D eigenvalue weighted by Crippen LogP contribution is 2.21. The number of hydrogen-bond donors (Lipinski definition) is 2. The number of rotatable bonds is 3. The first-order valence-corrected chi connectivity index (χ1v) is 5.79. The van der Waals surface area contributed by atoms with Gasteiger partial charge in [0.15, 0.2) is 0 Å². The van der Waals surface area contributed by atoms with Gasteiger partial charge in [0.1, 0.15) is 0 Å². The summed E-state index contributed by atoms with van der Waals surface area (Å²) in [5.41, 5.74) is 2.05. The SMILES string of the molecule is OCc1ccc(CC2CCCN2)c(Cl)c1. The summed E-state index contributed by atoms with van der Waals surface area (Å²) < 4.78 is 0. The summed E-state index contributed by atoms with van der Waals surface area (Å²) in [7, 11) is 0. The molecule has 1 aliphatic heterocycles. The van der Waals surface area contributed by atoms with E-state index in [1.54, 1.807) is 0 Å². The monoisotopic (exact) mass is 225 g/mol. The number of benzene rings is 1. The first-order valence-electron chi connectivity index (χ1n) is 5.41. The Morgan fingerprint density at radius 3 is 2.93 bits per heavy atom. The Morgan fingerprint density at radius 2 is 2.33 bits per heavy atom. The van der Waals surface area contributed by atoms with Gasteiger partial charge >= 0.3 is 0 Å². The van der Waals surface area contributed by atoms with Gasteiger partial charge in [0, 0.05) is 11.1 Å². The molecule has 1 atom stereocenters. The lowest BCUT2D eigenvalue weighted by atomic mass is 10.0. The summed E-state index contributed by atoms with van der Waals surface area (Å²) in [6.07, 6.45) is 3.49. The van der Waals surface area contributed by atoms with Crippen molar-refractivity contribution >= 4 is 11.6 Å². The summed E-state index contributed by atoms with van der Waals surface area (Å²) in [4.78, 5) is 0. The van der Waals surface area contributed by atoms with E-state index in [1.165, 1.54) is 18.4 Å². The van der Waals surface area contributed by atoms with Crippen LogP contribution >= 0.6 is 11.6 Å². The largest absolute Gasteiger partial charge is 0.392 e. The van der Waals surface area contributed by atoms with Crippen LogP contribution in [0.4, 0.5) is 0 Å². The van der Waals surface area contributed by atoms with E-state index in [2.05, 4.69) is 5.32 Å². The summed E-state index contributed by atoms with van der Waals surface area (Å²) in [5, 5.41) is 13.2. The Kier molecular flexibility index (Phi) is 3.62. The number of aliphatic hydroxyl groups is 1. The molecule has 0 saturated carbocycles. The summed E-state index contributed by atoms with van der Waals surface area (Å²) in [5.74, 6) is 0. The minimum Gasteiger partial charge on any atom is -0.392 e. The van der Waals surface area contributed by atoms with Gasteiger partial charge in [-0.25, -0.2) is 0 Å². The smallest absolute Gasteiger partial charge is 0.0682 e. The molecule has 15 heavy (non-hydrogen) atoms. The van der Waals surface area contributed by atoms with E-state index < -0.39 is 0 Å². The molecule has 1 aromatic carbocycles. The minimum atomic E-state index is 0.0572. The molecular formula is C12H16ClNO. The number of aliphatic hydroxyl groups excluding tert-OH is 1. The van der Waals surface area contributed by atoms with Gasteiger partial charge in [-0.1, -0.05) is 23.7 Å². The molecule has 3 heteroatoms. The van der Waals surface area contributed by atoms with Crippen LogP contribution in [0.3, 0.4) is 0 Å². The van der Waals surface area contributed by atoms with Gasteiger partial charge in [-0.05, 0) is 43.0 Å². The van der Waals surface area contributed by atoms with E-state index in [0.29, 0.717) is 6.04 Å². The van der Waals surface area contributed by atoms with Gasteiger partial charge in [-0.3, -0.25) is 0 Å². The zero-order valence-corrected chi connectivity index (χ0v) is 9.43. The highest BCUT2D eigenvalue weighted by molar-refractivity contribution is 6.31. The van der Waals surface area contributed by atoms with Gasteiger partial charge in [0.05, 0.1) is 6.61 Å². The van der Waals surface area contributed by atoms with Crippen molar-refractivity contribution in [1.29, 1.82) is 0 Å². The maximum Gasteiger partial charge on any atom is 0.0682 e. The molecule has 1 fully saturated rings. The van der Waals surface area contributed by atoms with Crippen molar-refractivity contribution < 1.29 is 5.11 Å². The average Bonchev–Trinajstić information content (AvgIpc) is 2.74. The Balaban J connectivity index is 2.07. The molecule has 1 saturated heterocycles. The predicted molar refractivity (Wildman–Crippen MR) is 62.1 cm³/mol. The molecule has 1 heterocycles. The van der Waals surface area contributed by atoms with Gasteiger partial charge < -0.3 is 10.4 Å². The Bertz CT molecular complexity index is 334. The van der Waals surface area contributed by atoms with Crippen molar-refractivity contribution in [2.45, 2.75) is 31.9 Å². The third kappa shape index (κ3) is 2.71. The normalized spacial score (nSPS) is 20.8. The predicted octanol–water partition coefficient (Wildman–Crippen LogP) is 2.13. The first-order chi connectivity index (χ1) is 7.29. The van der Waals surface area contributed by atoms with Crippen LogP contribution in [-0.2, 0) is 13.0 Å². The molecule has 0 aromatic heterocycles. The fraction of sp³-hybridized carbons (Fsp3) is 0.500. The van der Waals surface area contributed by atoms with E-state index in [4.69, 9.17) is 16.7 Å². The van der Waals surface area contributed by atoms with Crippen LogP contribution in [0.5, 0.6) is 0 Å². The van der Waals surface area contributed by atoms with Crippen LogP contribution < -0.4 is 5.32 Å². The fourth-order valence-corrected chi connectivity index (χ4v) is 2.33. The standard InChI is InChI=1S/C12H16ClNO/c13-12-6-9(8-15)3-4-10(12)7-11-2-1-5-14-11/h3-4,6,11,14-15H,1-2,5,7-8H2. The van der Waals surface area contributed by atoms with Crippen LogP contribution in [-0.4, -0.2) is 17.7 Å². The van der Waals surface area contributed by atoms with Crippen molar-refractivity contribution in [3.05, 3.63) is 34.3 Å². The maximum atomic E-state index is 8.97. The molecule has 0 amide bonds. The third-order valence-electron chi connectivity index (χ3n) is 2.93. The van der Waals surface area contributed by atoms with E-state index in [9.17, 15) is 0 Å². The van der Waals surface area contributed by atoms with Crippen LogP contribution in [0, 0.1) is 0 Å². The molecule has 1 aliphatic rings. The van der Waals surface area contributed by atoms with Crippen molar-refractivity contribution in [3.63, 3.8) is 0 Å². The summed E-state index contributed by atoms with van der Waals surface area (Å²) >= 11 is 6.15. The van der Waals surface area contributed by atoms with Crippen LogP contribution in [0.2, 0.25) is 5.02 Å². The lowest BCUT2D eigenvalue weighted by Crippen LogP contribution is -2.23. The second-order valence-corrected chi connectivity index (χ2v) is 4.49. The molecule has 1 unspecified atom stereocenters. The second-order valence-electron chi connectivity index (χ2n) is 4.08. The van der Waals surface area contributed by atoms with E-state index >= 15 is 0 Å². The van der Waals surface area contributed by atoms with Crippen LogP contribution in [0.25, 0.3) is 0 Å². The number of halogens is 1. The van der Waals surface area contributed by atoms with E-state index in [0.717, 1.165) is 23.6 Å². The molecule has 0 radical (unpaired) electrons. The van der Waals surface area contributed by atoms with Gasteiger partial charge in [0.2, 0.25) is 0 Å². The Labute approximate surface area is 95.3 Å². The molecule has 0 bridgehead atoms. The van der Waals surface area contributed by atoms with Crippen LogP contribution in [0.15, 0.2) is 18.2 Å². The fourth-order valence-electron chi connectivity index (χ4n) is 2.05. The van der Waals surface area contributed by atoms with Gasteiger partial charge in [-0.2, -0.15) is 0 Å². The lowest BCUT2D eigenvalue weighted by molar-refractivity contribution is 0.282. The molecule has 0 aliphatic carbocycles.